The Bertz CT molecular complexity index is 1280. The highest BCUT2D eigenvalue weighted by Crippen LogP contribution is 2.41. The maximum absolute atomic E-state index is 13.7. The van der Waals surface area contributed by atoms with Gasteiger partial charge in [-0.3, -0.25) is 4.98 Å². The van der Waals surface area contributed by atoms with E-state index in [-0.39, 0.29) is 5.82 Å². The highest BCUT2D eigenvalue weighted by atomic mass is 32.1. The van der Waals surface area contributed by atoms with Crippen LogP contribution in [0.3, 0.4) is 0 Å². The summed E-state index contributed by atoms with van der Waals surface area (Å²) >= 11 is 1.63. The Labute approximate surface area is 196 Å². The Morgan fingerprint density at radius 2 is 1.88 bits per heavy atom. The van der Waals surface area contributed by atoms with Gasteiger partial charge in [-0.15, -0.1) is 5.10 Å². The predicted molar refractivity (Wildman–Crippen MR) is 130 cm³/mol. The van der Waals surface area contributed by atoms with Crippen molar-refractivity contribution < 1.29 is 4.39 Å². The van der Waals surface area contributed by atoms with Crippen LogP contribution in [0.2, 0.25) is 0 Å². The number of fused-ring (bicyclic) bond motifs is 1. The molecule has 5 heterocycles. The number of rotatable bonds is 3. The van der Waals surface area contributed by atoms with E-state index in [4.69, 9.17) is 10.1 Å². The summed E-state index contributed by atoms with van der Waals surface area (Å²) in [6.07, 6.45) is 6.82. The maximum atomic E-state index is 13.7. The van der Waals surface area contributed by atoms with Crippen LogP contribution >= 0.6 is 11.3 Å². The lowest BCUT2D eigenvalue weighted by molar-refractivity contribution is 0.161. The van der Waals surface area contributed by atoms with Crippen LogP contribution in [0, 0.1) is 18.2 Å². The van der Waals surface area contributed by atoms with E-state index in [2.05, 4.69) is 15.2 Å². The maximum Gasteiger partial charge on any atom is 0.215 e. The number of pyridine rings is 1. The molecule has 8 heteroatoms. The summed E-state index contributed by atoms with van der Waals surface area (Å²) in [5.41, 5.74) is 5.02. The largest absolute Gasteiger partial charge is 0.347 e. The number of piperidine rings is 2. The molecule has 2 aliphatic rings. The number of nitrogens with one attached hydrogen (secondary N) is 1. The molecule has 0 amide bonds. The predicted octanol–water partition coefficient (Wildman–Crippen LogP) is 4.94. The molecule has 0 unspecified atom stereocenters. The molecule has 6 nitrogen and oxygen atoms in total. The summed E-state index contributed by atoms with van der Waals surface area (Å²) in [6, 6.07) is 10.6. The normalized spacial score (nSPS) is 18.3. The second-order valence-corrected chi connectivity index (χ2v) is 10.3. The second-order valence-electron chi connectivity index (χ2n) is 9.35. The molecule has 0 bridgehead atoms. The zero-order valence-corrected chi connectivity index (χ0v) is 19.5. The third kappa shape index (κ3) is 3.81. The smallest absolute Gasteiger partial charge is 0.215 e. The Morgan fingerprint density at radius 3 is 2.61 bits per heavy atom. The summed E-state index contributed by atoms with van der Waals surface area (Å²) < 4.78 is 15.6. The average molecular weight is 463 g/mol. The van der Waals surface area contributed by atoms with Crippen LogP contribution in [0.4, 0.5) is 9.52 Å². The number of nitrogens with zero attached hydrogens (tertiary/aromatic N) is 5. The molecular formula is C25H27FN6S. The zero-order chi connectivity index (χ0) is 22.4. The van der Waals surface area contributed by atoms with Crippen LogP contribution in [0.1, 0.15) is 31.4 Å². The highest BCUT2D eigenvalue weighted by molar-refractivity contribution is 7.20. The van der Waals surface area contributed by atoms with E-state index in [1.807, 2.05) is 23.6 Å². The molecule has 0 radical (unpaired) electrons. The Balaban J connectivity index is 1.38. The van der Waals surface area contributed by atoms with E-state index in [9.17, 15) is 4.39 Å². The molecule has 6 rings (SSSR count). The fourth-order valence-electron chi connectivity index (χ4n) is 5.26. The summed E-state index contributed by atoms with van der Waals surface area (Å²) in [6.45, 7) is 6.33. The van der Waals surface area contributed by atoms with E-state index in [0.717, 1.165) is 64.5 Å². The lowest BCUT2D eigenvalue weighted by Gasteiger charge is -2.44. The molecule has 1 aromatic carbocycles. The minimum atomic E-state index is -0.251. The lowest BCUT2D eigenvalue weighted by Crippen LogP contribution is -2.48. The van der Waals surface area contributed by atoms with Crippen molar-refractivity contribution in [1.29, 1.82) is 0 Å². The van der Waals surface area contributed by atoms with Crippen LogP contribution in [-0.4, -0.2) is 45.8 Å². The van der Waals surface area contributed by atoms with Crippen molar-refractivity contribution in [3.05, 3.63) is 54.1 Å². The molecule has 4 aromatic rings. The minimum absolute atomic E-state index is 0.251. The van der Waals surface area contributed by atoms with Gasteiger partial charge in [-0.2, -0.15) is 0 Å². The first-order valence-electron chi connectivity index (χ1n) is 11.6. The first-order valence-corrected chi connectivity index (χ1v) is 12.5. The Hall–Kier alpha value is -2.84. The van der Waals surface area contributed by atoms with Gasteiger partial charge in [-0.25, -0.2) is 13.9 Å². The van der Waals surface area contributed by atoms with Gasteiger partial charge in [0.2, 0.25) is 10.1 Å². The van der Waals surface area contributed by atoms with Gasteiger partial charge in [-0.05, 0) is 81.0 Å². The third-order valence-corrected chi connectivity index (χ3v) is 8.11. The monoisotopic (exact) mass is 462 g/mol. The molecule has 2 fully saturated rings. The number of benzene rings is 1. The zero-order valence-electron chi connectivity index (χ0n) is 18.7. The van der Waals surface area contributed by atoms with Crippen molar-refractivity contribution in [2.24, 2.45) is 5.41 Å². The molecule has 1 spiro atoms. The summed E-state index contributed by atoms with van der Waals surface area (Å²) in [5, 5.41) is 9.62. The molecule has 2 aliphatic heterocycles. The highest BCUT2D eigenvalue weighted by Gasteiger charge is 2.36. The fraction of sp³-hybridized carbons (Fsp3) is 0.400. The first-order chi connectivity index (χ1) is 16.1. The number of anilines is 1. The van der Waals surface area contributed by atoms with E-state index in [0.29, 0.717) is 5.41 Å². The summed E-state index contributed by atoms with van der Waals surface area (Å²) in [5.74, 6) is -0.251. The van der Waals surface area contributed by atoms with Gasteiger partial charge in [0.25, 0.3) is 0 Å². The minimum Gasteiger partial charge on any atom is -0.347 e. The Kier molecular flexibility index (Phi) is 5.14. The van der Waals surface area contributed by atoms with Gasteiger partial charge in [0.15, 0.2) is 0 Å². The van der Waals surface area contributed by atoms with Crippen molar-refractivity contribution in [3.8, 4) is 22.5 Å². The SMILES string of the molecule is Cc1cc(-c2nc3sc(N4CCC5(CCCNC5)CC4)nn3c2-c2ccc(F)cc2)ccn1. The number of aromatic nitrogens is 4. The van der Waals surface area contributed by atoms with Gasteiger partial charge in [0, 0.05) is 42.7 Å². The summed E-state index contributed by atoms with van der Waals surface area (Å²) in [7, 11) is 0. The number of aryl methyl sites for hydroxylation is 1. The Morgan fingerprint density at radius 1 is 1.06 bits per heavy atom. The van der Waals surface area contributed by atoms with E-state index in [1.165, 1.54) is 37.8 Å². The number of imidazole rings is 1. The quantitative estimate of drug-likeness (QED) is 0.468. The van der Waals surface area contributed by atoms with Gasteiger partial charge >= 0.3 is 0 Å². The number of hydrogen-bond donors (Lipinski definition) is 1. The van der Waals surface area contributed by atoms with Gasteiger partial charge in [0.05, 0.1) is 0 Å². The number of hydrogen-bond acceptors (Lipinski definition) is 6. The van der Waals surface area contributed by atoms with Gasteiger partial charge in [-0.1, -0.05) is 11.3 Å². The summed E-state index contributed by atoms with van der Waals surface area (Å²) in [4.78, 5) is 12.6. The van der Waals surface area contributed by atoms with Crippen molar-refractivity contribution in [1.82, 2.24) is 24.9 Å². The molecule has 33 heavy (non-hydrogen) atoms. The second kappa shape index (κ2) is 8.18. The lowest BCUT2D eigenvalue weighted by atomic mass is 9.73. The first kappa shape index (κ1) is 20.7. The fourth-order valence-corrected chi connectivity index (χ4v) is 6.21. The van der Waals surface area contributed by atoms with E-state index in [1.54, 1.807) is 29.7 Å². The van der Waals surface area contributed by atoms with Crippen LogP contribution in [-0.2, 0) is 0 Å². The standard InChI is InChI=1S/C25H27FN6S/c1-17-15-19(7-12-28-17)21-22(18-3-5-20(26)6-4-18)32-23(29-21)33-24(30-32)31-13-9-25(10-14-31)8-2-11-27-16-25/h3-7,12,15,27H,2,8-11,13-14,16H2,1H3. The number of halogens is 1. The molecule has 0 aliphatic carbocycles. The molecule has 2 saturated heterocycles. The average Bonchev–Trinajstić information content (AvgIpc) is 3.39. The molecule has 0 atom stereocenters. The molecule has 3 aromatic heterocycles. The van der Waals surface area contributed by atoms with Crippen molar-refractivity contribution in [2.45, 2.75) is 32.6 Å². The van der Waals surface area contributed by atoms with E-state index < -0.39 is 0 Å². The van der Waals surface area contributed by atoms with Crippen molar-refractivity contribution >= 4 is 21.4 Å². The van der Waals surface area contributed by atoms with Crippen LogP contribution < -0.4 is 10.2 Å². The van der Waals surface area contributed by atoms with Crippen molar-refractivity contribution in [3.63, 3.8) is 0 Å². The molecule has 170 valence electrons. The van der Waals surface area contributed by atoms with Crippen molar-refractivity contribution in [2.75, 3.05) is 31.1 Å². The topological polar surface area (TPSA) is 58.4 Å². The van der Waals surface area contributed by atoms with Gasteiger partial charge in [0.1, 0.15) is 17.2 Å². The van der Waals surface area contributed by atoms with Crippen LogP contribution in [0.5, 0.6) is 0 Å². The van der Waals surface area contributed by atoms with Crippen LogP contribution in [0.15, 0.2) is 42.6 Å². The molecule has 1 N–H and O–H groups in total. The van der Waals surface area contributed by atoms with Gasteiger partial charge < -0.3 is 10.2 Å². The molecular weight excluding hydrogens is 435 g/mol. The molecule has 0 saturated carbocycles. The van der Waals surface area contributed by atoms with E-state index >= 15 is 0 Å². The third-order valence-electron chi connectivity index (χ3n) is 7.14. The van der Waals surface area contributed by atoms with Crippen LogP contribution in [0.25, 0.3) is 27.5 Å².